The number of carbonyl (C=O) groups is 2. The molecule has 0 aromatic carbocycles. The van der Waals surface area contributed by atoms with Gasteiger partial charge in [-0.25, -0.2) is 9.59 Å². The van der Waals surface area contributed by atoms with Crippen LogP contribution in [0, 0.1) is 0 Å². The van der Waals surface area contributed by atoms with Gasteiger partial charge in [0.2, 0.25) is 0 Å². The van der Waals surface area contributed by atoms with E-state index in [2.05, 4.69) is 32.3 Å². The fourth-order valence-electron chi connectivity index (χ4n) is 0.188. The van der Waals surface area contributed by atoms with Gasteiger partial charge in [-0.2, -0.15) is 0 Å². The van der Waals surface area contributed by atoms with Crippen molar-refractivity contribution < 1.29 is 18.2 Å². The molecule has 0 unspecified atom stereocenters. The third-order valence-corrected chi connectivity index (χ3v) is 0.812. The molecule has 0 atom stereocenters. The Morgan fingerprint density at radius 1 is 1.00 bits per heavy atom. The molecule has 0 rings (SSSR count). The van der Waals surface area contributed by atoms with Crippen molar-refractivity contribution in [2.45, 2.75) is 0 Å². The van der Waals surface area contributed by atoms with Crippen molar-refractivity contribution in [1.29, 1.82) is 0 Å². The molecule has 0 fully saturated rings. The Kier molecular flexibility index (Phi) is 4.70. The summed E-state index contributed by atoms with van der Waals surface area (Å²) in [6, 6.07) is 0. The Labute approximate surface area is 66.6 Å². The second kappa shape index (κ2) is 5.08. The van der Waals surface area contributed by atoms with Gasteiger partial charge in [0.05, 0.1) is 0 Å². The summed E-state index contributed by atoms with van der Waals surface area (Å²) in [4.78, 5) is 20.3. The lowest BCUT2D eigenvalue weighted by molar-refractivity contribution is -0.131. The highest BCUT2D eigenvalue weighted by Crippen LogP contribution is 1.88. The predicted molar refractivity (Wildman–Crippen MR) is 33.0 cm³/mol. The Bertz CT molecular complexity index is 147. The number of hydrogen-bond donors (Lipinski definition) is 0. The van der Waals surface area contributed by atoms with E-state index in [-0.39, 0.29) is 0 Å². The summed E-state index contributed by atoms with van der Waals surface area (Å²) in [5.41, 5.74) is 0. The molecule has 0 aromatic rings. The molecule has 0 amide bonds. The van der Waals surface area contributed by atoms with Crippen LogP contribution in [0.2, 0.25) is 0 Å². The van der Waals surface area contributed by atoms with Crippen molar-refractivity contribution in [1.82, 2.24) is 0 Å². The quantitative estimate of drug-likeness (QED) is 0.600. The van der Waals surface area contributed by atoms with E-state index in [1.165, 1.54) is 0 Å². The molecule has 0 aliphatic heterocycles. The average molecular weight is 185 g/mol. The second-order valence-electron chi connectivity index (χ2n) is 1.13. The molecule has 10 heavy (non-hydrogen) atoms. The van der Waals surface area contributed by atoms with Crippen LogP contribution in [0.1, 0.15) is 0 Å². The van der Waals surface area contributed by atoms with Crippen LogP contribution in [0.5, 0.6) is 0 Å². The fraction of sp³-hybridized carbons (Fsp3) is 0. The van der Waals surface area contributed by atoms with Gasteiger partial charge in [-0.3, -0.25) is 0 Å². The number of rotatable bonds is 2. The van der Waals surface area contributed by atoms with Gasteiger partial charge >= 0.3 is 11.9 Å². The first-order valence-electron chi connectivity index (χ1n) is 2.04. The minimum atomic E-state index is -0.872. The van der Waals surface area contributed by atoms with E-state index in [0.29, 0.717) is 0 Å². The maximum Gasteiger partial charge on any atom is 0.349 e. The molecule has 0 saturated carbocycles. The zero-order valence-electron chi connectivity index (χ0n) is 4.54. The Hall–Kier alpha value is -0.740. The van der Waals surface area contributed by atoms with E-state index < -0.39 is 11.9 Å². The highest BCUT2D eigenvalue weighted by atomic mass is 35.5. The lowest BCUT2D eigenvalue weighted by atomic mass is 10.5. The zero-order valence-corrected chi connectivity index (χ0v) is 6.06. The number of carbonyl (C=O) groups excluding carboxylic acids is 2. The predicted octanol–water partition coefficient (Wildman–Crippen LogP) is 0.937. The molecular formula is C4H2Cl2O4. The van der Waals surface area contributed by atoms with Gasteiger partial charge in [0.25, 0.3) is 0 Å². The highest BCUT2D eigenvalue weighted by Gasteiger charge is 1.97. The third kappa shape index (κ3) is 4.17. The molecule has 0 aromatic heterocycles. The summed E-state index contributed by atoms with van der Waals surface area (Å²) >= 11 is 9.19. The summed E-state index contributed by atoms with van der Waals surface area (Å²) in [5, 5.41) is 0. The van der Waals surface area contributed by atoms with Gasteiger partial charge in [-0.05, 0) is 0 Å². The van der Waals surface area contributed by atoms with Crippen molar-refractivity contribution in [2.24, 2.45) is 0 Å². The zero-order chi connectivity index (χ0) is 7.98. The smallest absolute Gasteiger partial charge is 0.344 e. The van der Waals surface area contributed by atoms with Gasteiger partial charge in [0.1, 0.15) is 23.7 Å². The first kappa shape index (κ1) is 9.26. The maximum absolute atomic E-state index is 10.1. The molecule has 56 valence electrons. The van der Waals surface area contributed by atoms with Gasteiger partial charge in [0, 0.05) is 12.2 Å². The van der Waals surface area contributed by atoms with Crippen LogP contribution in [0.15, 0.2) is 12.2 Å². The fourth-order valence-corrected chi connectivity index (χ4v) is 0.290. The molecule has 6 heteroatoms. The minimum Gasteiger partial charge on any atom is -0.344 e. The first-order chi connectivity index (χ1) is 4.70. The molecule has 4 nitrogen and oxygen atoms in total. The molecule has 0 radical (unpaired) electrons. The van der Waals surface area contributed by atoms with E-state index in [1.54, 1.807) is 0 Å². The summed E-state index contributed by atoms with van der Waals surface area (Å²) in [5.74, 6) is -1.74. The SMILES string of the molecule is O=C(C=CC(=O)OCl)OCl. The van der Waals surface area contributed by atoms with Crippen LogP contribution in [0.25, 0.3) is 0 Å². The van der Waals surface area contributed by atoms with Crippen molar-refractivity contribution in [3.05, 3.63) is 12.2 Å². The number of halogens is 2. The van der Waals surface area contributed by atoms with Gasteiger partial charge in [-0.1, -0.05) is 0 Å². The number of hydrogen-bond acceptors (Lipinski definition) is 4. The molecule has 0 aliphatic carbocycles. The summed E-state index contributed by atoms with van der Waals surface area (Å²) in [6.45, 7) is 0. The van der Waals surface area contributed by atoms with E-state index in [9.17, 15) is 9.59 Å². The van der Waals surface area contributed by atoms with E-state index in [0.717, 1.165) is 12.2 Å². The summed E-state index contributed by atoms with van der Waals surface area (Å²) in [7, 11) is 0. The average Bonchev–Trinajstić information content (AvgIpc) is 1.99. The monoisotopic (exact) mass is 184 g/mol. The van der Waals surface area contributed by atoms with Crippen LogP contribution in [0.3, 0.4) is 0 Å². The van der Waals surface area contributed by atoms with Gasteiger partial charge < -0.3 is 8.58 Å². The molecule has 0 spiro atoms. The summed E-state index contributed by atoms with van der Waals surface area (Å²) in [6.07, 6.45) is 1.55. The van der Waals surface area contributed by atoms with Crippen LogP contribution in [-0.2, 0) is 18.2 Å². The molecule has 0 saturated heterocycles. The van der Waals surface area contributed by atoms with Crippen molar-refractivity contribution in [3.8, 4) is 0 Å². The van der Waals surface area contributed by atoms with Gasteiger partial charge in [-0.15, -0.1) is 0 Å². The minimum absolute atomic E-state index is 0.776. The normalized spacial score (nSPS) is 9.40. The lowest BCUT2D eigenvalue weighted by Crippen LogP contribution is -1.94. The van der Waals surface area contributed by atoms with E-state index in [1.807, 2.05) is 0 Å². The Morgan fingerprint density at radius 2 is 1.30 bits per heavy atom. The van der Waals surface area contributed by atoms with Crippen LogP contribution in [-0.4, -0.2) is 11.9 Å². The van der Waals surface area contributed by atoms with E-state index >= 15 is 0 Å². The highest BCUT2D eigenvalue weighted by molar-refractivity contribution is 6.16. The van der Waals surface area contributed by atoms with Crippen LogP contribution < -0.4 is 0 Å². The van der Waals surface area contributed by atoms with Crippen molar-refractivity contribution in [2.75, 3.05) is 0 Å². The molecule has 0 aliphatic rings. The molecule has 0 heterocycles. The van der Waals surface area contributed by atoms with Crippen LogP contribution in [0.4, 0.5) is 0 Å². The van der Waals surface area contributed by atoms with Crippen molar-refractivity contribution >= 4 is 35.7 Å². The molecular weight excluding hydrogens is 183 g/mol. The van der Waals surface area contributed by atoms with E-state index in [4.69, 9.17) is 0 Å². The largest absolute Gasteiger partial charge is 0.349 e. The molecule has 0 bridgehead atoms. The topological polar surface area (TPSA) is 52.6 Å². The second-order valence-corrected chi connectivity index (χ2v) is 1.43. The standard InChI is InChI=1S/C4H2Cl2O4/c5-9-3(7)1-2-4(8)10-6/h1-2H. The van der Waals surface area contributed by atoms with Crippen molar-refractivity contribution in [3.63, 3.8) is 0 Å². The van der Waals surface area contributed by atoms with Gasteiger partial charge in [0.15, 0.2) is 0 Å². The van der Waals surface area contributed by atoms with Crippen LogP contribution >= 0.6 is 23.7 Å². The third-order valence-electron chi connectivity index (χ3n) is 0.508. The first-order valence-corrected chi connectivity index (χ1v) is 2.65. The summed E-state index contributed by atoms with van der Waals surface area (Å²) < 4.78 is 7.28. The maximum atomic E-state index is 10.1. The lowest BCUT2D eigenvalue weighted by Gasteiger charge is -1.84. The Morgan fingerprint density at radius 3 is 1.50 bits per heavy atom. The Balaban J connectivity index is 3.75. The molecule has 0 N–H and O–H groups in total.